The second-order valence-electron chi connectivity index (χ2n) is 4.97. The van der Waals surface area contributed by atoms with Crippen LogP contribution in [0.5, 0.6) is 0 Å². The van der Waals surface area contributed by atoms with Crippen molar-refractivity contribution in [3.8, 4) is 0 Å². The molecule has 0 saturated heterocycles. The molecule has 21 heavy (non-hydrogen) atoms. The summed E-state index contributed by atoms with van der Waals surface area (Å²) in [6.45, 7) is 3.75. The van der Waals surface area contributed by atoms with E-state index in [1.54, 1.807) is 13.8 Å². The molecule has 2 aromatic carbocycles. The van der Waals surface area contributed by atoms with Crippen LogP contribution in [-0.4, -0.2) is 17.7 Å². The van der Waals surface area contributed by atoms with Gasteiger partial charge in [-0.2, -0.15) is 0 Å². The van der Waals surface area contributed by atoms with Crippen molar-refractivity contribution in [2.75, 3.05) is 6.61 Å². The summed E-state index contributed by atoms with van der Waals surface area (Å²) in [5.41, 5.74) is -0.0529. The van der Waals surface area contributed by atoms with Crippen LogP contribution in [0.15, 0.2) is 60.7 Å². The third-order valence-corrected chi connectivity index (χ3v) is 3.69. The Morgan fingerprint density at radius 1 is 1.05 bits per heavy atom. The average Bonchev–Trinajstić information content (AvgIpc) is 2.55. The SMILES string of the molecule is CCOC(=O)[C@H](C)C(O)(c1ccccc1)c1ccccc1. The van der Waals surface area contributed by atoms with Crippen molar-refractivity contribution in [2.24, 2.45) is 5.92 Å². The van der Waals surface area contributed by atoms with Gasteiger partial charge in [0.15, 0.2) is 0 Å². The molecule has 2 aromatic rings. The lowest BCUT2D eigenvalue weighted by Gasteiger charge is -2.33. The summed E-state index contributed by atoms with van der Waals surface area (Å²) < 4.78 is 5.09. The summed E-state index contributed by atoms with van der Waals surface area (Å²) in [7, 11) is 0. The molecule has 0 spiro atoms. The Hall–Kier alpha value is -2.13. The van der Waals surface area contributed by atoms with Crippen molar-refractivity contribution in [1.82, 2.24) is 0 Å². The van der Waals surface area contributed by atoms with Crippen LogP contribution in [0.4, 0.5) is 0 Å². The number of hydrogen-bond donors (Lipinski definition) is 1. The van der Waals surface area contributed by atoms with E-state index in [0.29, 0.717) is 17.7 Å². The fraction of sp³-hybridized carbons (Fsp3) is 0.278. The zero-order chi connectivity index (χ0) is 15.3. The zero-order valence-electron chi connectivity index (χ0n) is 12.3. The highest BCUT2D eigenvalue weighted by Crippen LogP contribution is 2.37. The van der Waals surface area contributed by atoms with Crippen molar-refractivity contribution >= 4 is 5.97 Å². The predicted molar refractivity (Wildman–Crippen MR) is 81.7 cm³/mol. The monoisotopic (exact) mass is 284 g/mol. The van der Waals surface area contributed by atoms with Crippen LogP contribution < -0.4 is 0 Å². The van der Waals surface area contributed by atoms with Crippen LogP contribution in [0.25, 0.3) is 0 Å². The fourth-order valence-corrected chi connectivity index (χ4v) is 2.49. The lowest BCUT2D eigenvalue weighted by Crippen LogP contribution is -2.40. The molecule has 0 amide bonds. The first-order valence-electron chi connectivity index (χ1n) is 7.10. The second-order valence-corrected chi connectivity index (χ2v) is 4.97. The molecule has 0 heterocycles. The molecule has 0 fully saturated rings. The highest BCUT2D eigenvalue weighted by Gasteiger charge is 2.42. The summed E-state index contributed by atoms with van der Waals surface area (Å²) >= 11 is 0. The second kappa shape index (κ2) is 6.55. The molecule has 1 N–H and O–H groups in total. The van der Waals surface area contributed by atoms with Crippen LogP contribution >= 0.6 is 0 Å². The lowest BCUT2D eigenvalue weighted by atomic mass is 9.77. The topological polar surface area (TPSA) is 46.5 Å². The number of rotatable bonds is 5. The number of benzene rings is 2. The summed E-state index contributed by atoms with van der Waals surface area (Å²) in [6.07, 6.45) is 0. The van der Waals surface area contributed by atoms with Gasteiger partial charge in [-0.25, -0.2) is 0 Å². The molecule has 1 atom stereocenters. The number of carbonyl (C=O) groups excluding carboxylic acids is 1. The van der Waals surface area contributed by atoms with E-state index in [0.717, 1.165) is 0 Å². The van der Waals surface area contributed by atoms with Gasteiger partial charge in [0.05, 0.1) is 12.5 Å². The largest absolute Gasteiger partial charge is 0.466 e. The van der Waals surface area contributed by atoms with Crippen molar-refractivity contribution in [3.05, 3.63) is 71.8 Å². The van der Waals surface area contributed by atoms with Gasteiger partial charge in [-0.3, -0.25) is 4.79 Å². The maximum Gasteiger partial charge on any atom is 0.312 e. The maximum atomic E-state index is 12.2. The number of esters is 1. The molecule has 0 aromatic heterocycles. The predicted octanol–water partition coefficient (Wildman–Crippen LogP) is 3.12. The van der Waals surface area contributed by atoms with E-state index >= 15 is 0 Å². The molecule has 0 unspecified atom stereocenters. The molecule has 0 aliphatic carbocycles. The van der Waals surface area contributed by atoms with E-state index in [4.69, 9.17) is 4.74 Å². The quantitative estimate of drug-likeness (QED) is 0.858. The first-order chi connectivity index (χ1) is 10.1. The van der Waals surface area contributed by atoms with E-state index in [1.807, 2.05) is 60.7 Å². The van der Waals surface area contributed by atoms with Gasteiger partial charge in [0.2, 0.25) is 0 Å². The summed E-state index contributed by atoms with van der Waals surface area (Å²) in [6, 6.07) is 18.4. The van der Waals surface area contributed by atoms with Crippen molar-refractivity contribution in [1.29, 1.82) is 0 Å². The zero-order valence-corrected chi connectivity index (χ0v) is 12.3. The van der Waals surface area contributed by atoms with Gasteiger partial charge in [-0.1, -0.05) is 60.7 Å². The molecule has 2 rings (SSSR count). The standard InChI is InChI=1S/C18H20O3/c1-3-21-17(19)14(2)18(20,15-10-6-4-7-11-15)16-12-8-5-9-13-16/h4-14,20H,3H2,1-2H3/t14-/m0/s1. The number of aliphatic hydroxyl groups is 1. The molecule has 0 radical (unpaired) electrons. The van der Waals surface area contributed by atoms with E-state index in [9.17, 15) is 9.90 Å². The molecule has 0 aliphatic rings. The fourth-order valence-electron chi connectivity index (χ4n) is 2.49. The van der Waals surface area contributed by atoms with E-state index in [1.165, 1.54) is 0 Å². The third kappa shape index (κ3) is 2.98. The molecule has 3 nitrogen and oxygen atoms in total. The van der Waals surface area contributed by atoms with Crippen LogP contribution in [0.3, 0.4) is 0 Å². The number of ether oxygens (including phenoxy) is 1. The van der Waals surface area contributed by atoms with Gasteiger partial charge in [0.1, 0.15) is 5.60 Å². The Morgan fingerprint density at radius 3 is 1.86 bits per heavy atom. The van der Waals surface area contributed by atoms with Gasteiger partial charge in [0, 0.05) is 0 Å². The average molecular weight is 284 g/mol. The number of hydrogen-bond acceptors (Lipinski definition) is 3. The smallest absolute Gasteiger partial charge is 0.312 e. The minimum atomic E-state index is -1.41. The van der Waals surface area contributed by atoms with Gasteiger partial charge in [0.25, 0.3) is 0 Å². The lowest BCUT2D eigenvalue weighted by molar-refractivity contribution is -0.155. The van der Waals surface area contributed by atoms with Crippen molar-refractivity contribution in [3.63, 3.8) is 0 Å². The third-order valence-electron chi connectivity index (χ3n) is 3.69. The van der Waals surface area contributed by atoms with Crippen LogP contribution in [0.1, 0.15) is 25.0 Å². The van der Waals surface area contributed by atoms with E-state index in [2.05, 4.69) is 0 Å². The Labute approximate surface area is 125 Å². The summed E-state index contributed by atoms with van der Waals surface area (Å²) in [4.78, 5) is 12.2. The van der Waals surface area contributed by atoms with Crippen LogP contribution in [0, 0.1) is 5.92 Å². The molecule has 0 saturated carbocycles. The van der Waals surface area contributed by atoms with E-state index in [-0.39, 0.29) is 0 Å². The highest BCUT2D eigenvalue weighted by atomic mass is 16.5. The Bertz CT molecular complexity index is 538. The Kier molecular flexibility index (Phi) is 4.76. The molecular formula is C18H20O3. The van der Waals surface area contributed by atoms with E-state index < -0.39 is 17.5 Å². The molecule has 0 aliphatic heterocycles. The van der Waals surface area contributed by atoms with Gasteiger partial charge >= 0.3 is 5.97 Å². The highest BCUT2D eigenvalue weighted by molar-refractivity contribution is 5.75. The first kappa shape index (κ1) is 15.3. The van der Waals surface area contributed by atoms with Crippen molar-refractivity contribution in [2.45, 2.75) is 19.4 Å². The summed E-state index contributed by atoms with van der Waals surface area (Å²) in [5.74, 6) is -1.12. The minimum absolute atomic E-state index is 0.294. The normalized spacial score (nSPS) is 12.7. The maximum absolute atomic E-state index is 12.2. The summed E-state index contributed by atoms with van der Waals surface area (Å²) in [5, 5.41) is 11.3. The van der Waals surface area contributed by atoms with Gasteiger partial charge in [-0.15, -0.1) is 0 Å². The Morgan fingerprint density at radius 2 is 1.48 bits per heavy atom. The molecular weight excluding hydrogens is 264 g/mol. The van der Waals surface area contributed by atoms with Crippen LogP contribution in [-0.2, 0) is 15.1 Å². The van der Waals surface area contributed by atoms with Crippen molar-refractivity contribution < 1.29 is 14.6 Å². The molecule has 0 bridgehead atoms. The minimum Gasteiger partial charge on any atom is -0.466 e. The number of carbonyl (C=O) groups is 1. The first-order valence-corrected chi connectivity index (χ1v) is 7.10. The van der Waals surface area contributed by atoms with Crippen LogP contribution in [0.2, 0.25) is 0 Å². The van der Waals surface area contributed by atoms with Gasteiger partial charge in [-0.05, 0) is 25.0 Å². The van der Waals surface area contributed by atoms with Gasteiger partial charge < -0.3 is 9.84 Å². The molecule has 110 valence electrons. The molecule has 3 heteroatoms. The Balaban J connectivity index is 2.52.